The van der Waals surface area contributed by atoms with Crippen molar-refractivity contribution in [3.63, 3.8) is 0 Å². The van der Waals surface area contributed by atoms with Crippen molar-refractivity contribution in [3.05, 3.63) is 65.7 Å². The summed E-state index contributed by atoms with van der Waals surface area (Å²) in [6.07, 6.45) is 2.03. The van der Waals surface area contributed by atoms with Gasteiger partial charge >= 0.3 is 0 Å². The van der Waals surface area contributed by atoms with E-state index in [4.69, 9.17) is 0 Å². The van der Waals surface area contributed by atoms with E-state index in [-0.39, 0.29) is 5.78 Å². The van der Waals surface area contributed by atoms with E-state index in [0.717, 1.165) is 11.3 Å². The summed E-state index contributed by atoms with van der Waals surface area (Å²) in [5.41, 5.74) is 2.07. The molecule has 2 aromatic rings. The van der Waals surface area contributed by atoms with Gasteiger partial charge in [-0.15, -0.1) is 23.5 Å². The van der Waals surface area contributed by atoms with Gasteiger partial charge in [-0.2, -0.15) is 0 Å². The number of Topliss-reactive ketones (excluding diaryl/α,β-unsaturated/α-hetero) is 1. The lowest BCUT2D eigenvalue weighted by molar-refractivity contribution is 0.102. The summed E-state index contributed by atoms with van der Waals surface area (Å²) in [5.74, 6) is 1.62. The Balaban J connectivity index is 1.84. The number of thioether (sulfide) groups is 2. The van der Waals surface area contributed by atoms with E-state index in [0.29, 0.717) is 5.75 Å². The molecule has 0 radical (unpaired) electrons. The molecule has 0 aliphatic carbocycles. The monoisotopic (exact) mass is 288 g/mol. The predicted molar refractivity (Wildman–Crippen MR) is 85.2 cm³/mol. The van der Waals surface area contributed by atoms with Crippen LogP contribution in [-0.4, -0.2) is 17.8 Å². The summed E-state index contributed by atoms with van der Waals surface area (Å²) in [7, 11) is 0. The fourth-order valence-electron chi connectivity index (χ4n) is 1.70. The number of carbonyl (C=O) groups is 1. The topological polar surface area (TPSA) is 17.1 Å². The maximum absolute atomic E-state index is 12.0. The highest BCUT2D eigenvalue weighted by Crippen LogP contribution is 2.17. The molecule has 0 spiro atoms. The minimum atomic E-state index is 0.202. The Bertz CT molecular complexity index is 520. The van der Waals surface area contributed by atoms with Crippen LogP contribution in [0.25, 0.3) is 0 Å². The van der Waals surface area contributed by atoms with Crippen molar-refractivity contribution in [2.45, 2.75) is 10.6 Å². The molecule has 3 heteroatoms. The lowest BCUT2D eigenvalue weighted by Crippen LogP contribution is -2.02. The van der Waals surface area contributed by atoms with E-state index in [2.05, 4.69) is 12.1 Å². The van der Waals surface area contributed by atoms with E-state index in [1.165, 1.54) is 10.5 Å². The van der Waals surface area contributed by atoms with Crippen LogP contribution in [0.1, 0.15) is 15.9 Å². The molecule has 0 fully saturated rings. The zero-order chi connectivity index (χ0) is 13.5. The maximum Gasteiger partial charge on any atom is 0.172 e. The molecule has 0 amide bonds. The second kappa shape index (κ2) is 7.41. The van der Waals surface area contributed by atoms with Gasteiger partial charge in [0.15, 0.2) is 5.78 Å². The number of hydrogen-bond acceptors (Lipinski definition) is 3. The van der Waals surface area contributed by atoms with Crippen LogP contribution in [0.4, 0.5) is 0 Å². The number of hydrogen-bond donors (Lipinski definition) is 0. The number of ketones is 1. The van der Waals surface area contributed by atoms with Crippen LogP contribution in [0.3, 0.4) is 0 Å². The molecule has 0 unspecified atom stereocenters. The molecule has 0 saturated heterocycles. The minimum absolute atomic E-state index is 0.202. The van der Waals surface area contributed by atoms with Gasteiger partial charge in [-0.3, -0.25) is 4.79 Å². The number of benzene rings is 2. The van der Waals surface area contributed by atoms with Gasteiger partial charge in [0.2, 0.25) is 0 Å². The SMILES string of the molecule is CSc1ccc(C(=O)CSCc2ccccc2)cc1. The van der Waals surface area contributed by atoms with Crippen molar-refractivity contribution in [1.29, 1.82) is 0 Å². The lowest BCUT2D eigenvalue weighted by atomic mass is 10.1. The highest BCUT2D eigenvalue weighted by molar-refractivity contribution is 7.99. The molecule has 2 rings (SSSR count). The second-order valence-corrected chi connectivity index (χ2v) is 6.00. The standard InChI is InChI=1S/C16H16OS2/c1-18-15-9-7-14(8-10-15)16(17)12-19-11-13-5-3-2-4-6-13/h2-10H,11-12H2,1H3. The van der Waals surface area contributed by atoms with Gasteiger partial charge < -0.3 is 0 Å². The third kappa shape index (κ3) is 4.44. The normalized spacial score (nSPS) is 10.4. The Kier molecular flexibility index (Phi) is 5.55. The van der Waals surface area contributed by atoms with Crippen molar-refractivity contribution >= 4 is 29.3 Å². The van der Waals surface area contributed by atoms with Gasteiger partial charge in [0.05, 0.1) is 5.75 Å². The molecular weight excluding hydrogens is 272 g/mol. The molecule has 0 heterocycles. The van der Waals surface area contributed by atoms with Crippen LogP contribution in [-0.2, 0) is 5.75 Å². The molecule has 1 nitrogen and oxygen atoms in total. The van der Waals surface area contributed by atoms with Gasteiger partial charge in [-0.1, -0.05) is 42.5 Å². The molecule has 19 heavy (non-hydrogen) atoms. The van der Waals surface area contributed by atoms with Gasteiger partial charge in [-0.05, 0) is 24.0 Å². The smallest absolute Gasteiger partial charge is 0.172 e. The Hall–Kier alpha value is -1.19. The van der Waals surface area contributed by atoms with E-state index in [1.54, 1.807) is 23.5 Å². The Morgan fingerprint density at radius 1 is 1.00 bits per heavy atom. The van der Waals surface area contributed by atoms with Gasteiger partial charge in [0.1, 0.15) is 0 Å². The van der Waals surface area contributed by atoms with Crippen molar-refractivity contribution in [2.75, 3.05) is 12.0 Å². The van der Waals surface area contributed by atoms with Crippen molar-refractivity contribution in [2.24, 2.45) is 0 Å². The zero-order valence-electron chi connectivity index (χ0n) is 10.8. The largest absolute Gasteiger partial charge is 0.293 e. The fourth-order valence-corrected chi connectivity index (χ4v) is 2.99. The summed E-state index contributed by atoms with van der Waals surface area (Å²) in [6.45, 7) is 0. The molecule has 0 aromatic heterocycles. The minimum Gasteiger partial charge on any atom is -0.293 e. The molecule has 0 bridgehead atoms. The number of rotatable bonds is 6. The fraction of sp³-hybridized carbons (Fsp3) is 0.188. The first-order valence-corrected chi connectivity index (χ1v) is 8.46. The quantitative estimate of drug-likeness (QED) is 0.574. The number of carbonyl (C=O) groups excluding carboxylic acids is 1. The van der Waals surface area contributed by atoms with Crippen LogP contribution >= 0.6 is 23.5 Å². The van der Waals surface area contributed by atoms with Crippen LogP contribution in [0.5, 0.6) is 0 Å². The van der Waals surface area contributed by atoms with Crippen molar-refractivity contribution in [1.82, 2.24) is 0 Å². The predicted octanol–water partition coefficient (Wildman–Crippen LogP) is 4.52. The molecule has 0 aliphatic rings. The highest BCUT2D eigenvalue weighted by Gasteiger charge is 2.05. The zero-order valence-corrected chi connectivity index (χ0v) is 12.5. The van der Waals surface area contributed by atoms with Gasteiger partial charge in [-0.25, -0.2) is 0 Å². The van der Waals surface area contributed by atoms with E-state index in [1.807, 2.05) is 48.7 Å². The molecule has 98 valence electrons. The average molecular weight is 288 g/mol. The van der Waals surface area contributed by atoms with Crippen LogP contribution in [0, 0.1) is 0 Å². The molecule has 0 atom stereocenters. The molecular formula is C16H16OS2. The van der Waals surface area contributed by atoms with Gasteiger partial charge in [0.25, 0.3) is 0 Å². The molecule has 0 N–H and O–H groups in total. The average Bonchev–Trinajstić information content (AvgIpc) is 2.48. The van der Waals surface area contributed by atoms with Crippen molar-refractivity contribution in [3.8, 4) is 0 Å². The second-order valence-electron chi connectivity index (χ2n) is 4.13. The maximum atomic E-state index is 12.0. The molecule has 2 aromatic carbocycles. The Morgan fingerprint density at radius 3 is 2.32 bits per heavy atom. The molecule has 0 aliphatic heterocycles. The van der Waals surface area contributed by atoms with Crippen LogP contribution in [0.15, 0.2) is 59.5 Å². The first kappa shape index (κ1) is 14.2. The Morgan fingerprint density at radius 2 is 1.68 bits per heavy atom. The summed E-state index contributed by atoms with van der Waals surface area (Å²) in [4.78, 5) is 13.2. The summed E-state index contributed by atoms with van der Waals surface area (Å²) < 4.78 is 0. The van der Waals surface area contributed by atoms with E-state index >= 15 is 0 Å². The van der Waals surface area contributed by atoms with Gasteiger partial charge in [0, 0.05) is 16.2 Å². The lowest BCUT2D eigenvalue weighted by Gasteiger charge is -2.03. The summed E-state index contributed by atoms with van der Waals surface area (Å²) in [5, 5.41) is 0. The van der Waals surface area contributed by atoms with Crippen molar-refractivity contribution < 1.29 is 4.79 Å². The summed E-state index contributed by atoms with van der Waals surface area (Å²) in [6, 6.07) is 18.1. The van der Waals surface area contributed by atoms with Crippen LogP contribution in [0.2, 0.25) is 0 Å². The third-order valence-electron chi connectivity index (χ3n) is 2.76. The Labute approximate surface area is 122 Å². The third-order valence-corrected chi connectivity index (χ3v) is 4.50. The van der Waals surface area contributed by atoms with E-state index < -0.39 is 0 Å². The molecule has 0 saturated carbocycles. The highest BCUT2D eigenvalue weighted by atomic mass is 32.2. The van der Waals surface area contributed by atoms with Crippen LogP contribution < -0.4 is 0 Å². The first-order chi connectivity index (χ1) is 9.29. The van der Waals surface area contributed by atoms with E-state index in [9.17, 15) is 4.79 Å². The summed E-state index contributed by atoms with van der Waals surface area (Å²) >= 11 is 3.35. The first-order valence-electron chi connectivity index (χ1n) is 6.08.